The number of carbonyl (C=O) groups excluding carboxylic acids is 1. The summed E-state index contributed by atoms with van der Waals surface area (Å²) >= 11 is 0. The average molecular weight is 217 g/mol. The van der Waals surface area contributed by atoms with E-state index >= 15 is 0 Å². The summed E-state index contributed by atoms with van der Waals surface area (Å²) in [5.74, 6) is -0.300. The summed E-state index contributed by atoms with van der Waals surface area (Å²) in [7, 11) is 1.33. The zero-order valence-electron chi connectivity index (χ0n) is 8.64. The topological polar surface area (TPSA) is 76.1 Å². The molecule has 1 amide bonds. The van der Waals surface area contributed by atoms with Crippen LogP contribution in [0.1, 0.15) is 12.8 Å². The van der Waals surface area contributed by atoms with Gasteiger partial charge in [-0.1, -0.05) is 0 Å². The largest absolute Gasteiger partial charge is 0.469 e. The zero-order valence-corrected chi connectivity index (χ0v) is 8.64. The van der Waals surface area contributed by atoms with Gasteiger partial charge in [0.2, 0.25) is 0 Å². The molecule has 86 valence electrons. The van der Waals surface area contributed by atoms with Gasteiger partial charge in [-0.2, -0.15) is 0 Å². The first-order valence-electron chi connectivity index (χ1n) is 4.79. The number of morpholine rings is 1. The summed E-state index contributed by atoms with van der Waals surface area (Å²) in [4.78, 5) is 22.8. The van der Waals surface area contributed by atoms with Crippen LogP contribution in [0.4, 0.5) is 4.79 Å². The Balaban J connectivity index is 2.30. The maximum absolute atomic E-state index is 10.9. The van der Waals surface area contributed by atoms with Crippen LogP contribution < -0.4 is 0 Å². The molecule has 6 nitrogen and oxygen atoms in total. The molecular weight excluding hydrogens is 202 g/mol. The van der Waals surface area contributed by atoms with E-state index in [4.69, 9.17) is 9.84 Å². The highest BCUT2D eigenvalue weighted by Gasteiger charge is 2.24. The smallest absolute Gasteiger partial charge is 0.407 e. The molecule has 1 fully saturated rings. The minimum absolute atomic E-state index is 0.200. The van der Waals surface area contributed by atoms with Gasteiger partial charge in [0, 0.05) is 13.0 Å². The quantitative estimate of drug-likeness (QED) is 0.689. The summed E-state index contributed by atoms with van der Waals surface area (Å²) in [5, 5.41) is 8.76. The molecule has 0 aromatic rings. The Hall–Kier alpha value is -1.30. The number of carbonyl (C=O) groups is 2. The van der Waals surface area contributed by atoms with E-state index < -0.39 is 6.09 Å². The van der Waals surface area contributed by atoms with Crippen molar-refractivity contribution in [1.29, 1.82) is 0 Å². The van der Waals surface area contributed by atoms with E-state index in [1.807, 2.05) is 0 Å². The van der Waals surface area contributed by atoms with E-state index in [0.717, 1.165) is 0 Å². The number of rotatable bonds is 3. The lowest BCUT2D eigenvalue weighted by atomic mass is 10.1. The summed E-state index contributed by atoms with van der Waals surface area (Å²) in [5.41, 5.74) is 0. The monoisotopic (exact) mass is 217 g/mol. The van der Waals surface area contributed by atoms with Crippen molar-refractivity contribution in [2.45, 2.75) is 18.9 Å². The molecule has 0 aromatic carbocycles. The van der Waals surface area contributed by atoms with Gasteiger partial charge in [-0.05, 0) is 6.42 Å². The minimum atomic E-state index is -0.943. The van der Waals surface area contributed by atoms with Gasteiger partial charge in [-0.3, -0.25) is 4.79 Å². The number of methoxy groups -OCH3 is 1. The zero-order chi connectivity index (χ0) is 11.3. The van der Waals surface area contributed by atoms with Crippen LogP contribution in [-0.2, 0) is 14.3 Å². The Morgan fingerprint density at radius 3 is 2.93 bits per heavy atom. The third kappa shape index (κ3) is 3.75. The third-order valence-electron chi connectivity index (χ3n) is 2.31. The fourth-order valence-electron chi connectivity index (χ4n) is 1.45. The third-order valence-corrected chi connectivity index (χ3v) is 2.31. The van der Waals surface area contributed by atoms with E-state index in [2.05, 4.69) is 4.74 Å². The molecule has 1 atom stereocenters. The van der Waals surface area contributed by atoms with Gasteiger partial charge in [0.05, 0.1) is 26.4 Å². The highest BCUT2D eigenvalue weighted by atomic mass is 16.5. The molecule has 6 heteroatoms. The molecule has 1 N–H and O–H groups in total. The fraction of sp³-hybridized carbons (Fsp3) is 0.778. The van der Waals surface area contributed by atoms with Crippen molar-refractivity contribution in [3.8, 4) is 0 Å². The summed E-state index contributed by atoms with van der Waals surface area (Å²) in [6, 6.07) is 0. The lowest BCUT2D eigenvalue weighted by Gasteiger charge is -2.30. The first-order chi connectivity index (χ1) is 7.13. The Morgan fingerprint density at radius 1 is 1.60 bits per heavy atom. The summed E-state index contributed by atoms with van der Waals surface area (Å²) in [6.07, 6.45) is -0.388. The van der Waals surface area contributed by atoms with Crippen LogP contribution in [-0.4, -0.2) is 55.0 Å². The van der Waals surface area contributed by atoms with Gasteiger partial charge in [-0.25, -0.2) is 4.79 Å². The first kappa shape index (κ1) is 11.8. The summed E-state index contributed by atoms with van der Waals surface area (Å²) in [6.45, 7) is 1.11. The Morgan fingerprint density at radius 2 is 2.33 bits per heavy atom. The van der Waals surface area contributed by atoms with E-state index in [0.29, 0.717) is 26.1 Å². The molecule has 0 radical (unpaired) electrons. The van der Waals surface area contributed by atoms with Crippen LogP contribution in [0.3, 0.4) is 0 Å². The normalized spacial score (nSPS) is 21.1. The molecule has 1 rings (SSSR count). The highest BCUT2D eigenvalue weighted by Crippen LogP contribution is 2.11. The molecule has 1 aliphatic heterocycles. The summed E-state index contributed by atoms with van der Waals surface area (Å²) < 4.78 is 9.83. The second-order valence-electron chi connectivity index (χ2n) is 3.34. The second kappa shape index (κ2) is 5.55. The highest BCUT2D eigenvalue weighted by molar-refractivity contribution is 5.69. The SMILES string of the molecule is COC(=O)CCC1CN(C(=O)O)CCO1. The van der Waals surface area contributed by atoms with Crippen LogP contribution in [0, 0.1) is 0 Å². The second-order valence-corrected chi connectivity index (χ2v) is 3.34. The molecule has 0 aliphatic carbocycles. The Bertz CT molecular complexity index is 243. The number of hydrogen-bond acceptors (Lipinski definition) is 4. The number of hydrogen-bond donors (Lipinski definition) is 1. The number of carboxylic acid groups (broad SMARTS) is 1. The van der Waals surface area contributed by atoms with Crippen LogP contribution in [0.25, 0.3) is 0 Å². The first-order valence-corrected chi connectivity index (χ1v) is 4.79. The van der Waals surface area contributed by atoms with Crippen molar-refractivity contribution in [1.82, 2.24) is 4.90 Å². The van der Waals surface area contributed by atoms with Gasteiger partial charge in [-0.15, -0.1) is 0 Å². The van der Waals surface area contributed by atoms with Crippen molar-refractivity contribution in [2.75, 3.05) is 26.8 Å². The van der Waals surface area contributed by atoms with Crippen molar-refractivity contribution >= 4 is 12.1 Å². The molecule has 1 unspecified atom stereocenters. The number of esters is 1. The van der Waals surface area contributed by atoms with Crippen LogP contribution in [0.15, 0.2) is 0 Å². The van der Waals surface area contributed by atoms with Crippen molar-refractivity contribution in [2.24, 2.45) is 0 Å². The van der Waals surface area contributed by atoms with Crippen molar-refractivity contribution < 1.29 is 24.2 Å². The molecule has 1 heterocycles. The molecule has 1 aliphatic rings. The maximum atomic E-state index is 10.9. The number of ether oxygens (including phenoxy) is 2. The van der Waals surface area contributed by atoms with Crippen molar-refractivity contribution in [3.05, 3.63) is 0 Å². The Kier molecular flexibility index (Phi) is 4.36. The van der Waals surface area contributed by atoms with Crippen LogP contribution in [0.2, 0.25) is 0 Å². The Labute approximate surface area is 87.8 Å². The van der Waals surface area contributed by atoms with Crippen molar-refractivity contribution in [3.63, 3.8) is 0 Å². The predicted molar refractivity (Wildman–Crippen MR) is 50.6 cm³/mol. The van der Waals surface area contributed by atoms with Gasteiger partial charge in [0.1, 0.15) is 0 Å². The van der Waals surface area contributed by atoms with E-state index in [-0.39, 0.29) is 18.5 Å². The van der Waals surface area contributed by atoms with Gasteiger partial charge in [0.25, 0.3) is 0 Å². The van der Waals surface area contributed by atoms with Crippen LogP contribution in [0.5, 0.6) is 0 Å². The standard InChI is InChI=1S/C9H15NO5/c1-14-8(11)3-2-7-6-10(9(12)13)4-5-15-7/h7H,2-6H2,1H3,(H,12,13). The lowest BCUT2D eigenvalue weighted by Crippen LogP contribution is -2.45. The minimum Gasteiger partial charge on any atom is -0.469 e. The fourth-order valence-corrected chi connectivity index (χ4v) is 1.45. The van der Waals surface area contributed by atoms with E-state index in [1.165, 1.54) is 12.0 Å². The average Bonchev–Trinajstić information content (AvgIpc) is 2.26. The molecule has 1 saturated heterocycles. The molecule has 0 saturated carbocycles. The predicted octanol–water partition coefficient (Wildman–Crippen LogP) is 0.318. The lowest BCUT2D eigenvalue weighted by molar-refractivity contribution is -0.141. The van der Waals surface area contributed by atoms with E-state index in [9.17, 15) is 9.59 Å². The van der Waals surface area contributed by atoms with Gasteiger partial charge in [0.15, 0.2) is 0 Å². The van der Waals surface area contributed by atoms with Crippen LogP contribution >= 0.6 is 0 Å². The van der Waals surface area contributed by atoms with E-state index in [1.54, 1.807) is 0 Å². The number of amides is 1. The molecule has 15 heavy (non-hydrogen) atoms. The molecule has 0 aromatic heterocycles. The maximum Gasteiger partial charge on any atom is 0.407 e. The molecule has 0 bridgehead atoms. The molecular formula is C9H15NO5. The number of nitrogens with zero attached hydrogens (tertiary/aromatic N) is 1. The van der Waals surface area contributed by atoms with Gasteiger partial charge < -0.3 is 19.5 Å². The molecule has 0 spiro atoms. The van der Waals surface area contributed by atoms with Gasteiger partial charge >= 0.3 is 12.1 Å².